The lowest BCUT2D eigenvalue weighted by Crippen LogP contribution is -2.26. The summed E-state index contributed by atoms with van der Waals surface area (Å²) in [4.78, 5) is 13.6. The van der Waals surface area contributed by atoms with Gasteiger partial charge in [-0.1, -0.05) is 31.9 Å². The van der Waals surface area contributed by atoms with E-state index >= 15 is 0 Å². The Morgan fingerprint density at radius 2 is 2.19 bits per heavy atom. The van der Waals surface area contributed by atoms with Crippen molar-refractivity contribution in [3.63, 3.8) is 0 Å². The van der Waals surface area contributed by atoms with Crippen molar-refractivity contribution in [3.8, 4) is 5.75 Å². The molecular weight excluding hydrogens is 338 g/mol. The summed E-state index contributed by atoms with van der Waals surface area (Å²) in [5, 5.41) is 0. The van der Waals surface area contributed by atoms with E-state index in [-0.39, 0.29) is 10.7 Å². The van der Waals surface area contributed by atoms with Gasteiger partial charge < -0.3 is 9.64 Å². The van der Waals surface area contributed by atoms with Crippen LogP contribution in [0.1, 0.15) is 6.42 Å². The van der Waals surface area contributed by atoms with E-state index in [1.807, 2.05) is 18.2 Å². The predicted octanol–water partition coefficient (Wildman–Crippen LogP) is 2.96. The summed E-state index contributed by atoms with van der Waals surface area (Å²) in [6.45, 7) is 0.744. The van der Waals surface area contributed by atoms with Gasteiger partial charge in [-0.3, -0.25) is 4.79 Å². The van der Waals surface area contributed by atoms with Gasteiger partial charge >= 0.3 is 0 Å². The lowest BCUT2D eigenvalue weighted by atomic mass is 10.3. The standard InChI is InChI=1S/C11H11Br2NO2/c1-16-9-5-7(12)4-8(6-9)14-3-2-10(13)11(14)15/h4-6,10H,2-3H2,1H3. The number of carbonyl (C=O) groups excluding carboxylic acids is 1. The Kier molecular flexibility index (Phi) is 3.54. The number of carbonyl (C=O) groups is 1. The second-order valence-corrected chi connectivity index (χ2v) is 5.62. The molecule has 1 aromatic rings. The topological polar surface area (TPSA) is 29.5 Å². The summed E-state index contributed by atoms with van der Waals surface area (Å²) in [6, 6.07) is 5.66. The van der Waals surface area contributed by atoms with Gasteiger partial charge in [-0.15, -0.1) is 0 Å². The maximum Gasteiger partial charge on any atom is 0.240 e. The van der Waals surface area contributed by atoms with Gasteiger partial charge in [0, 0.05) is 22.8 Å². The molecule has 0 radical (unpaired) electrons. The number of anilines is 1. The second kappa shape index (κ2) is 4.75. The van der Waals surface area contributed by atoms with E-state index in [2.05, 4.69) is 31.9 Å². The van der Waals surface area contributed by atoms with Crippen LogP contribution in [-0.4, -0.2) is 24.4 Å². The van der Waals surface area contributed by atoms with Gasteiger partial charge in [0.15, 0.2) is 0 Å². The molecule has 1 heterocycles. The first kappa shape index (κ1) is 11.9. The molecule has 0 aromatic heterocycles. The molecule has 0 N–H and O–H groups in total. The Hall–Kier alpha value is -0.550. The SMILES string of the molecule is COc1cc(Br)cc(N2CCC(Br)C2=O)c1. The molecule has 2 rings (SSSR count). The maximum absolute atomic E-state index is 11.8. The lowest BCUT2D eigenvalue weighted by Gasteiger charge is -2.17. The van der Waals surface area contributed by atoms with E-state index < -0.39 is 0 Å². The third-order valence-electron chi connectivity index (χ3n) is 2.54. The van der Waals surface area contributed by atoms with E-state index in [0.717, 1.165) is 28.9 Å². The first-order valence-electron chi connectivity index (χ1n) is 4.92. The van der Waals surface area contributed by atoms with Crippen LogP contribution in [0.3, 0.4) is 0 Å². The van der Waals surface area contributed by atoms with Crippen LogP contribution < -0.4 is 9.64 Å². The fourth-order valence-corrected chi connectivity index (χ4v) is 2.64. The molecule has 0 aliphatic carbocycles. The number of amides is 1. The highest BCUT2D eigenvalue weighted by Crippen LogP contribution is 2.31. The molecule has 5 heteroatoms. The molecule has 0 saturated carbocycles. The van der Waals surface area contributed by atoms with Gasteiger partial charge in [0.1, 0.15) is 5.75 Å². The molecule has 1 saturated heterocycles. The van der Waals surface area contributed by atoms with Crippen molar-refractivity contribution < 1.29 is 9.53 Å². The molecule has 1 aliphatic rings. The average molecular weight is 349 g/mol. The monoisotopic (exact) mass is 347 g/mol. The highest BCUT2D eigenvalue weighted by atomic mass is 79.9. The summed E-state index contributed by atoms with van der Waals surface area (Å²) in [7, 11) is 1.62. The molecule has 16 heavy (non-hydrogen) atoms. The van der Waals surface area contributed by atoms with Crippen LogP contribution in [-0.2, 0) is 4.79 Å². The smallest absolute Gasteiger partial charge is 0.240 e. The van der Waals surface area contributed by atoms with Crippen molar-refractivity contribution in [2.24, 2.45) is 0 Å². The zero-order valence-corrected chi connectivity index (χ0v) is 11.9. The number of hydrogen-bond donors (Lipinski definition) is 0. The van der Waals surface area contributed by atoms with Crippen LogP contribution in [0.25, 0.3) is 0 Å². The molecule has 1 atom stereocenters. The van der Waals surface area contributed by atoms with Crippen LogP contribution in [0.5, 0.6) is 5.75 Å². The number of methoxy groups -OCH3 is 1. The maximum atomic E-state index is 11.8. The fraction of sp³-hybridized carbons (Fsp3) is 0.364. The zero-order chi connectivity index (χ0) is 11.7. The molecule has 1 aromatic carbocycles. The average Bonchev–Trinajstić information content (AvgIpc) is 2.59. The number of halogens is 2. The number of benzene rings is 1. The molecule has 1 amide bonds. The summed E-state index contributed by atoms with van der Waals surface area (Å²) >= 11 is 6.77. The van der Waals surface area contributed by atoms with Crippen molar-refractivity contribution >= 4 is 43.5 Å². The number of ether oxygens (including phenoxy) is 1. The third-order valence-corrected chi connectivity index (χ3v) is 3.85. The van der Waals surface area contributed by atoms with Crippen molar-refractivity contribution in [1.82, 2.24) is 0 Å². The van der Waals surface area contributed by atoms with E-state index in [1.54, 1.807) is 12.0 Å². The highest BCUT2D eigenvalue weighted by Gasteiger charge is 2.30. The predicted molar refractivity (Wildman–Crippen MR) is 70.4 cm³/mol. The Morgan fingerprint density at radius 3 is 2.75 bits per heavy atom. The van der Waals surface area contributed by atoms with Crippen molar-refractivity contribution in [2.75, 3.05) is 18.6 Å². The molecule has 1 aliphatic heterocycles. The summed E-state index contributed by atoms with van der Waals surface area (Å²) in [5.74, 6) is 0.857. The van der Waals surface area contributed by atoms with E-state index in [1.165, 1.54) is 0 Å². The van der Waals surface area contributed by atoms with E-state index in [4.69, 9.17) is 4.74 Å². The van der Waals surface area contributed by atoms with Crippen LogP contribution in [0.15, 0.2) is 22.7 Å². The minimum Gasteiger partial charge on any atom is -0.497 e. The second-order valence-electron chi connectivity index (χ2n) is 3.60. The van der Waals surface area contributed by atoms with E-state index in [0.29, 0.717) is 0 Å². The fourth-order valence-electron chi connectivity index (χ4n) is 1.72. The summed E-state index contributed by atoms with van der Waals surface area (Å²) < 4.78 is 6.09. The molecule has 0 bridgehead atoms. The largest absolute Gasteiger partial charge is 0.497 e. The Balaban J connectivity index is 2.33. The third kappa shape index (κ3) is 2.25. The van der Waals surface area contributed by atoms with Crippen LogP contribution >= 0.6 is 31.9 Å². The molecule has 0 spiro atoms. The number of rotatable bonds is 2. The molecule has 1 fully saturated rings. The van der Waals surface area contributed by atoms with Crippen LogP contribution in [0.4, 0.5) is 5.69 Å². The van der Waals surface area contributed by atoms with Crippen LogP contribution in [0.2, 0.25) is 0 Å². The first-order valence-corrected chi connectivity index (χ1v) is 6.62. The van der Waals surface area contributed by atoms with Crippen LogP contribution in [0, 0.1) is 0 Å². The Morgan fingerprint density at radius 1 is 1.44 bits per heavy atom. The Bertz CT molecular complexity index is 422. The number of alkyl halides is 1. The Labute approximate surface area is 111 Å². The minimum atomic E-state index is -0.0579. The normalized spacial score (nSPS) is 20.3. The minimum absolute atomic E-state index is 0.0579. The van der Waals surface area contributed by atoms with Crippen molar-refractivity contribution in [1.29, 1.82) is 0 Å². The first-order chi connectivity index (χ1) is 7.61. The van der Waals surface area contributed by atoms with Crippen molar-refractivity contribution in [2.45, 2.75) is 11.2 Å². The summed E-state index contributed by atoms with van der Waals surface area (Å²) in [5.41, 5.74) is 0.873. The molecule has 3 nitrogen and oxygen atoms in total. The summed E-state index contributed by atoms with van der Waals surface area (Å²) in [6.07, 6.45) is 0.841. The van der Waals surface area contributed by atoms with Gasteiger partial charge in [-0.2, -0.15) is 0 Å². The van der Waals surface area contributed by atoms with Crippen molar-refractivity contribution in [3.05, 3.63) is 22.7 Å². The molecular formula is C11H11Br2NO2. The van der Waals surface area contributed by atoms with Gasteiger partial charge in [0.25, 0.3) is 0 Å². The van der Waals surface area contributed by atoms with Gasteiger partial charge in [-0.25, -0.2) is 0 Å². The highest BCUT2D eigenvalue weighted by molar-refractivity contribution is 9.10. The quantitative estimate of drug-likeness (QED) is 0.769. The van der Waals surface area contributed by atoms with Gasteiger partial charge in [0.2, 0.25) is 5.91 Å². The lowest BCUT2D eigenvalue weighted by molar-refractivity contribution is -0.116. The molecule has 1 unspecified atom stereocenters. The van der Waals surface area contributed by atoms with Gasteiger partial charge in [0.05, 0.1) is 11.9 Å². The van der Waals surface area contributed by atoms with Gasteiger partial charge in [-0.05, 0) is 18.6 Å². The molecule has 86 valence electrons. The zero-order valence-electron chi connectivity index (χ0n) is 8.74. The number of hydrogen-bond acceptors (Lipinski definition) is 2. The number of nitrogens with zero attached hydrogens (tertiary/aromatic N) is 1. The van der Waals surface area contributed by atoms with E-state index in [9.17, 15) is 4.79 Å².